The fraction of sp³-hybridized carbons (Fsp3) is 0.875. The second-order valence-electron chi connectivity index (χ2n) is 7.56. The molecule has 0 aromatic carbocycles. The molecule has 0 amide bonds. The van der Waals surface area contributed by atoms with Gasteiger partial charge >= 0.3 is 0 Å². The Morgan fingerprint density at radius 2 is 1.88 bits per heavy atom. The fourth-order valence-corrected chi connectivity index (χ4v) is 5.22. The molecular formula is C16H26O. The molecule has 17 heavy (non-hydrogen) atoms. The Kier molecular flexibility index (Phi) is 2.34. The Bertz CT molecular complexity index is 357. The van der Waals surface area contributed by atoms with E-state index in [0.717, 1.165) is 18.4 Å². The molecule has 2 aliphatic carbocycles. The van der Waals surface area contributed by atoms with Gasteiger partial charge in [0.2, 0.25) is 0 Å². The van der Waals surface area contributed by atoms with Crippen LogP contribution in [0.2, 0.25) is 0 Å². The first-order chi connectivity index (χ1) is 7.89. The van der Waals surface area contributed by atoms with Crippen molar-refractivity contribution in [2.24, 2.45) is 22.7 Å². The number of rotatable bonds is 0. The summed E-state index contributed by atoms with van der Waals surface area (Å²) in [6.45, 7) is 10.7. The molecule has 0 aromatic heterocycles. The van der Waals surface area contributed by atoms with Crippen molar-refractivity contribution in [1.82, 2.24) is 0 Å². The van der Waals surface area contributed by atoms with E-state index in [1.54, 1.807) is 0 Å². The van der Waals surface area contributed by atoms with E-state index in [1.807, 2.05) is 0 Å². The molecule has 1 aliphatic heterocycles. The van der Waals surface area contributed by atoms with E-state index in [4.69, 9.17) is 4.74 Å². The highest BCUT2D eigenvalue weighted by atomic mass is 16.5. The van der Waals surface area contributed by atoms with Crippen LogP contribution in [0.4, 0.5) is 0 Å². The second kappa shape index (κ2) is 3.38. The summed E-state index contributed by atoms with van der Waals surface area (Å²) in [6.07, 6.45) is 10.3. The van der Waals surface area contributed by atoms with E-state index in [2.05, 4.69) is 39.8 Å². The Hall–Kier alpha value is -0.300. The third kappa shape index (κ3) is 1.47. The van der Waals surface area contributed by atoms with Crippen LogP contribution in [0.25, 0.3) is 0 Å². The molecule has 1 saturated carbocycles. The number of fused-ring (bicyclic) bond motifs is 3. The average Bonchev–Trinajstić information content (AvgIpc) is 2.60. The van der Waals surface area contributed by atoms with Crippen molar-refractivity contribution < 1.29 is 4.74 Å². The van der Waals surface area contributed by atoms with Crippen molar-refractivity contribution in [3.63, 3.8) is 0 Å². The predicted molar refractivity (Wildman–Crippen MR) is 70.8 cm³/mol. The monoisotopic (exact) mass is 234 g/mol. The van der Waals surface area contributed by atoms with E-state index in [-0.39, 0.29) is 5.60 Å². The first-order valence-corrected chi connectivity index (χ1v) is 7.22. The summed E-state index contributed by atoms with van der Waals surface area (Å²) < 4.78 is 6.04. The van der Waals surface area contributed by atoms with Crippen molar-refractivity contribution in [2.45, 2.75) is 59.0 Å². The molecule has 1 heterocycles. The van der Waals surface area contributed by atoms with E-state index in [1.165, 1.54) is 25.7 Å². The largest absolute Gasteiger partial charge is 0.371 e. The predicted octanol–water partition coefficient (Wildman–Crippen LogP) is 4.18. The lowest BCUT2D eigenvalue weighted by molar-refractivity contribution is -0.0789. The van der Waals surface area contributed by atoms with Gasteiger partial charge in [-0.3, -0.25) is 0 Å². The molecule has 0 aromatic rings. The Morgan fingerprint density at radius 1 is 1.12 bits per heavy atom. The van der Waals surface area contributed by atoms with Crippen LogP contribution in [0.3, 0.4) is 0 Å². The second-order valence-corrected chi connectivity index (χ2v) is 7.56. The zero-order valence-electron chi connectivity index (χ0n) is 11.8. The molecule has 0 N–H and O–H groups in total. The Labute approximate surface area is 106 Å². The van der Waals surface area contributed by atoms with Crippen LogP contribution in [-0.4, -0.2) is 12.2 Å². The van der Waals surface area contributed by atoms with Gasteiger partial charge in [0, 0.05) is 6.61 Å². The maximum Gasteiger partial charge on any atom is 0.0868 e. The normalized spacial score (nSPS) is 52.0. The number of allylic oxidation sites excluding steroid dienone is 1. The maximum atomic E-state index is 6.04. The molecule has 1 saturated heterocycles. The molecule has 3 rings (SSSR count). The Balaban J connectivity index is 2.06. The van der Waals surface area contributed by atoms with Gasteiger partial charge in [0.15, 0.2) is 0 Å². The lowest BCUT2D eigenvalue weighted by Gasteiger charge is -2.57. The Morgan fingerprint density at radius 3 is 2.65 bits per heavy atom. The minimum absolute atomic E-state index is 0.0265. The third-order valence-electron chi connectivity index (χ3n) is 6.02. The summed E-state index contributed by atoms with van der Waals surface area (Å²) in [5.74, 6) is 1.47. The van der Waals surface area contributed by atoms with Gasteiger partial charge in [-0.05, 0) is 48.9 Å². The zero-order chi connectivity index (χ0) is 12.3. The first kappa shape index (κ1) is 11.8. The number of hydrogen-bond acceptors (Lipinski definition) is 1. The van der Waals surface area contributed by atoms with Crippen LogP contribution in [0.1, 0.15) is 53.4 Å². The summed E-state index contributed by atoms with van der Waals surface area (Å²) in [4.78, 5) is 0. The van der Waals surface area contributed by atoms with Crippen molar-refractivity contribution in [2.75, 3.05) is 6.61 Å². The lowest BCUT2D eigenvalue weighted by atomic mass is 9.48. The number of hydrogen-bond donors (Lipinski definition) is 0. The quantitative estimate of drug-likeness (QED) is 0.571. The van der Waals surface area contributed by atoms with Gasteiger partial charge in [-0.1, -0.05) is 39.3 Å². The molecule has 1 heteroatoms. The number of ether oxygens (including phenoxy) is 1. The van der Waals surface area contributed by atoms with Crippen molar-refractivity contribution >= 4 is 0 Å². The summed E-state index contributed by atoms with van der Waals surface area (Å²) in [7, 11) is 0. The first-order valence-electron chi connectivity index (χ1n) is 7.22. The summed E-state index contributed by atoms with van der Waals surface area (Å²) in [5, 5.41) is 0. The molecule has 96 valence electrons. The van der Waals surface area contributed by atoms with Crippen LogP contribution < -0.4 is 0 Å². The fourth-order valence-electron chi connectivity index (χ4n) is 5.22. The van der Waals surface area contributed by atoms with Crippen LogP contribution in [-0.2, 0) is 4.74 Å². The van der Waals surface area contributed by atoms with Crippen molar-refractivity contribution in [3.8, 4) is 0 Å². The SMILES string of the molecule is CC1(C)CCC[C@@]2(C)C1C=C[C@]1(C)OCC[C@H]21. The molecule has 4 atom stereocenters. The smallest absolute Gasteiger partial charge is 0.0868 e. The van der Waals surface area contributed by atoms with Gasteiger partial charge in [0.1, 0.15) is 0 Å². The average molecular weight is 234 g/mol. The van der Waals surface area contributed by atoms with Crippen molar-refractivity contribution in [3.05, 3.63) is 12.2 Å². The highest BCUT2D eigenvalue weighted by molar-refractivity contribution is 5.22. The summed E-state index contributed by atoms with van der Waals surface area (Å²) in [6, 6.07) is 0. The van der Waals surface area contributed by atoms with Gasteiger partial charge < -0.3 is 4.74 Å². The van der Waals surface area contributed by atoms with E-state index in [9.17, 15) is 0 Å². The highest BCUT2D eigenvalue weighted by Crippen LogP contribution is 2.62. The molecular weight excluding hydrogens is 208 g/mol. The van der Waals surface area contributed by atoms with E-state index < -0.39 is 0 Å². The molecule has 0 radical (unpaired) electrons. The molecule has 1 nitrogen and oxygen atoms in total. The van der Waals surface area contributed by atoms with Crippen LogP contribution >= 0.6 is 0 Å². The molecule has 2 fully saturated rings. The maximum absolute atomic E-state index is 6.04. The van der Waals surface area contributed by atoms with Crippen LogP contribution in [0.15, 0.2) is 12.2 Å². The third-order valence-corrected chi connectivity index (χ3v) is 6.02. The highest BCUT2D eigenvalue weighted by Gasteiger charge is 2.58. The zero-order valence-corrected chi connectivity index (χ0v) is 11.8. The van der Waals surface area contributed by atoms with E-state index >= 15 is 0 Å². The minimum Gasteiger partial charge on any atom is -0.371 e. The van der Waals surface area contributed by atoms with Gasteiger partial charge in [-0.2, -0.15) is 0 Å². The van der Waals surface area contributed by atoms with Crippen LogP contribution in [0.5, 0.6) is 0 Å². The van der Waals surface area contributed by atoms with Crippen LogP contribution in [0, 0.1) is 22.7 Å². The van der Waals surface area contributed by atoms with Gasteiger partial charge in [-0.25, -0.2) is 0 Å². The standard InChI is InChI=1S/C16H26O/c1-14(2)8-5-9-15(3)12(14)6-10-16(4)13(15)7-11-17-16/h6,10,12-13H,5,7-9,11H2,1-4H3/t12?,13-,15+,16+/m1/s1. The van der Waals surface area contributed by atoms with Crippen molar-refractivity contribution in [1.29, 1.82) is 0 Å². The molecule has 0 bridgehead atoms. The summed E-state index contributed by atoms with van der Waals surface area (Å²) >= 11 is 0. The molecule has 0 spiro atoms. The van der Waals surface area contributed by atoms with Gasteiger partial charge in [0.25, 0.3) is 0 Å². The topological polar surface area (TPSA) is 9.23 Å². The minimum atomic E-state index is 0.0265. The van der Waals surface area contributed by atoms with E-state index in [0.29, 0.717) is 10.8 Å². The van der Waals surface area contributed by atoms with Gasteiger partial charge in [-0.15, -0.1) is 0 Å². The van der Waals surface area contributed by atoms with Gasteiger partial charge in [0.05, 0.1) is 5.60 Å². The summed E-state index contributed by atoms with van der Waals surface area (Å²) in [5.41, 5.74) is 0.952. The lowest BCUT2D eigenvalue weighted by Crippen LogP contribution is -2.53. The molecule has 1 unspecified atom stereocenters. The molecule has 3 aliphatic rings.